The molecule has 3 aromatic rings. The van der Waals surface area contributed by atoms with Gasteiger partial charge in [-0.2, -0.15) is 24.5 Å². The summed E-state index contributed by atoms with van der Waals surface area (Å²) in [6.07, 6.45) is -3.63. The molecule has 4 nitrogen and oxygen atoms in total. The van der Waals surface area contributed by atoms with E-state index >= 15 is 0 Å². The highest BCUT2D eigenvalue weighted by atomic mass is 32.1. The molecule has 0 fully saturated rings. The van der Waals surface area contributed by atoms with Gasteiger partial charge in [-0.1, -0.05) is 18.2 Å². The van der Waals surface area contributed by atoms with Gasteiger partial charge in [0.2, 0.25) is 0 Å². The summed E-state index contributed by atoms with van der Waals surface area (Å²) in [5.41, 5.74) is 1.56. The molecule has 0 aliphatic carbocycles. The molecule has 9 heteroatoms. The third kappa shape index (κ3) is 4.26. The first-order valence-electron chi connectivity index (χ1n) is 8.59. The molecule has 1 aromatic carbocycles. The Morgan fingerprint density at radius 2 is 2.14 bits per heavy atom. The van der Waals surface area contributed by atoms with Gasteiger partial charge in [0.05, 0.1) is 16.8 Å². The summed E-state index contributed by atoms with van der Waals surface area (Å²) in [5, 5.41) is 7.00. The minimum atomic E-state index is -4.34. The van der Waals surface area contributed by atoms with E-state index in [1.807, 2.05) is 5.38 Å². The van der Waals surface area contributed by atoms with Crippen molar-refractivity contribution in [2.75, 3.05) is 11.9 Å². The molecule has 0 saturated carbocycles. The first-order valence-corrected chi connectivity index (χ1v) is 10.3. The largest absolute Gasteiger partial charge is 0.416 e. The quantitative estimate of drug-likeness (QED) is 0.640. The molecular weight excluding hydrogens is 407 g/mol. The molecule has 1 amide bonds. The lowest BCUT2D eigenvalue weighted by atomic mass is 10.1. The summed E-state index contributed by atoms with van der Waals surface area (Å²) in [5.74, 6) is -0.187. The van der Waals surface area contributed by atoms with Crippen LogP contribution < -0.4 is 5.32 Å². The molecule has 1 aliphatic heterocycles. The van der Waals surface area contributed by atoms with Gasteiger partial charge in [0.1, 0.15) is 0 Å². The molecule has 0 unspecified atom stereocenters. The van der Waals surface area contributed by atoms with Crippen molar-refractivity contribution in [3.63, 3.8) is 0 Å². The van der Waals surface area contributed by atoms with Crippen molar-refractivity contribution < 1.29 is 18.0 Å². The maximum absolute atomic E-state index is 12.9. The Bertz CT molecular complexity index is 983. The second kappa shape index (κ2) is 7.65. The monoisotopic (exact) mass is 423 g/mol. The highest BCUT2D eigenvalue weighted by molar-refractivity contribution is 7.16. The van der Waals surface area contributed by atoms with E-state index in [4.69, 9.17) is 0 Å². The van der Waals surface area contributed by atoms with Crippen molar-refractivity contribution in [1.82, 2.24) is 9.88 Å². The summed E-state index contributed by atoms with van der Waals surface area (Å²) in [6.45, 7) is 1.76. The van der Waals surface area contributed by atoms with E-state index in [1.54, 1.807) is 17.5 Å². The number of thiophene rings is 1. The lowest BCUT2D eigenvalue weighted by Crippen LogP contribution is -2.29. The molecular formula is C19H16F3N3OS2. The first kappa shape index (κ1) is 19.1. The van der Waals surface area contributed by atoms with Crippen LogP contribution in [-0.4, -0.2) is 22.3 Å². The second-order valence-electron chi connectivity index (χ2n) is 6.51. The second-order valence-corrected chi connectivity index (χ2v) is 8.38. The number of hydrogen-bond acceptors (Lipinski definition) is 5. The number of fused-ring (bicyclic) bond motifs is 1. The van der Waals surface area contributed by atoms with Gasteiger partial charge in [0, 0.05) is 36.3 Å². The Kier molecular flexibility index (Phi) is 5.22. The van der Waals surface area contributed by atoms with Gasteiger partial charge in [-0.05, 0) is 23.1 Å². The summed E-state index contributed by atoms with van der Waals surface area (Å²) in [4.78, 5) is 19.8. The Hall–Kier alpha value is -2.23. The number of carbonyl (C=O) groups excluding carboxylic acids is 1. The number of alkyl halides is 3. The fourth-order valence-corrected chi connectivity index (χ4v) is 4.79. The molecule has 0 radical (unpaired) electrons. The van der Waals surface area contributed by atoms with Crippen molar-refractivity contribution in [1.29, 1.82) is 0 Å². The predicted molar refractivity (Wildman–Crippen MR) is 104 cm³/mol. The topological polar surface area (TPSA) is 45.2 Å². The van der Waals surface area contributed by atoms with E-state index < -0.39 is 11.7 Å². The number of anilines is 1. The third-order valence-electron chi connectivity index (χ3n) is 4.47. The van der Waals surface area contributed by atoms with Crippen LogP contribution in [0.15, 0.2) is 41.1 Å². The average Bonchev–Trinajstić information content (AvgIpc) is 3.30. The summed E-state index contributed by atoms with van der Waals surface area (Å²) in [7, 11) is 0. The van der Waals surface area contributed by atoms with Crippen LogP contribution in [0.25, 0.3) is 0 Å². The minimum Gasteiger partial charge on any atom is -0.298 e. The number of nitrogens with zero attached hydrogens (tertiary/aromatic N) is 2. The number of carbonyl (C=O) groups is 1. The van der Waals surface area contributed by atoms with E-state index in [0.29, 0.717) is 42.3 Å². The molecule has 1 N–H and O–H groups in total. The number of amides is 1. The summed E-state index contributed by atoms with van der Waals surface area (Å²) < 4.78 is 38.7. The minimum absolute atomic E-state index is 0.187. The standard InChI is InChI=1S/C19H16F3N3OS2/c20-19(21,22)14-3-1-2-12(8-14)9-25-6-4-15-16(10-25)28-18(23-15)24-17(26)13-5-7-27-11-13/h1-3,5,7-8,11H,4,6,9-10H2,(H,23,24,26). The van der Waals surface area contributed by atoms with E-state index in [9.17, 15) is 18.0 Å². The Morgan fingerprint density at radius 3 is 2.89 bits per heavy atom. The van der Waals surface area contributed by atoms with Crippen LogP contribution in [0, 0.1) is 0 Å². The van der Waals surface area contributed by atoms with Gasteiger partial charge in [-0.25, -0.2) is 4.98 Å². The normalized spacial score (nSPS) is 14.7. The Labute approximate surface area is 167 Å². The van der Waals surface area contributed by atoms with E-state index in [2.05, 4.69) is 15.2 Å². The molecule has 0 spiro atoms. The number of nitrogens with one attached hydrogen (secondary N) is 1. The van der Waals surface area contributed by atoms with Crippen molar-refractivity contribution in [3.8, 4) is 0 Å². The SMILES string of the molecule is O=C(Nc1nc2c(s1)CN(Cc1cccc(C(F)(F)F)c1)CC2)c1ccsc1. The number of benzene rings is 1. The van der Waals surface area contributed by atoms with Crippen LogP contribution in [0.5, 0.6) is 0 Å². The first-order chi connectivity index (χ1) is 13.4. The molecule has 146 valence electrons. The van der Waals surface area contributed by atoms with Crippen molar-refractivity contribution in [3.05, 3.63) is 68.4 Å². The van der Waals surface area contributed by atoms with Gasteiger partial charge < -0.3 is 0 Å². The van der Waals surface area contributed by atoms with Gasteiger partial charge in [0.25, 0.3) is 5.91 Å². The van der Waals surface area contributed by atoms with E-state index in [-0.39, 0.29) is 5.91 Å². The molecule has 28 heavy (non-hydrogen) atoms. The van der Waals surface area contributed by atoms with Crippen LogP contribution >= 0.6 is 22.7 Å². The van der Waals surface area contributed by atoms with Crippen LogP contribution in [-0.2, 0) is 25.7 Å². The zero-order valence-corrected chi connectivity index (χ0v) is 16.3. The third-order valence-corrected chi connectivity index (χ3v) is 6.16. The summed E-state index contributed by atoms with van der Waals surface area (Å²) >= 11 is 2.88. The molecule has 2 aromatic heterocycles. The number of aromatic nitrogens is 1. The fraction of sp³-hybridized carbons (Fsp3) is 0.263. The maximum Gasteiger partial charge on any atom is 0.416 e. The zero-order valence-electron chi connectivity index (χ0n) is 14.6. The number of hydrogen-bond donors (Lipinski definition) is 1. The van der Waals surface area contributed by atoms with Crippen LogP contribution in [0.2, 0.25) is 0 Å². The van der Waals surface area contributed by atoms with Crippen LogP contribution in [0.4, 0.5) is 18.3 Å². The molecule has 0 atom stereocenters. The number of rotatable bonds is 4. The molecule has 0 bridgehead atoms. The van der Waals surface area contributed by atoms with Gasteiger partial charge in [0.15, 0.2) is 5.13 Å². The molecule has 0 saturated heterocycles. The van der Waals surface area contributed by atoms with Crippen molar-refractivity contribution >= 4 is 33.7 Å². The van der Waals surface area contributed by atoms with Gasteiger partial charge >= 0.3 is 6.18 Å². The zero-order chi connectivity index (χ0) is 19.7. The smallest absolute Gasteiger partial charge is 0.298 e. The number of thiazole rings is 1. The number of halogens is 3. The highest BCUT2D eigenvalue weighted by Crippen LogP contribution is 2.32. The van der Waals surface area contributed by atoms with Gasteiger partial charge in [-0.15, -0.1) is 11.3 Å². The maximum atomic E-state index is 12.9. The van der Waals surface area contributed by atoms with Gasteiger partial charge in [-0.3, -0.25) is 15.0 Å². The average molecular weight is 423 g/mol. The molecule has 3 heterocycles. The van der Waals surface area contributed by atoms with Crippen molar-refractivity contribution in [2.45, 2.75) is 25.7 Å². The molecule has 1 aliphatic rings. The lowest BCUT2D eigenvalue weighted by molar-refractivity contribution is -0.137. The fourth-order valence-electron chi connectivity index (χ4n) is 3.10. The van der Waals surface area contributed by atoms with E-state index in [0.717, 1.165) is 16.6 Å². The van der Waals surface area contributed by atoms with Crippen LogP contribution in [0.1, 0.15) is 32.1 Å². The highest BCUT2D eigenvalue weighted by Gasteiger charge is 2.30. The lowest BCUT2D eigenvalue weighted by Gasteiger charge is -2.26. The Morgan fingerprint density at radius 1 is 1.29 bits per heavy atom. The van der Waals surface area contributed by atoms with Crippen LogP contribution in [0.3, 0.4) is 0 Å². The molecule has 4 rings (SSSR count). The Balaban J connectivity index is 1.42. The van der Waals surface area contributed by atoms with E-state index in [1.165, 1.54) is 34.8 Å². The van der Waals surface area contributed by atoms with Crippen molar-refractivity contribution in [2.24, 2.45) is 0 Å². The summed E-state index contributed by atoms with van der Waals surface area (Å²) in [6, 6.07) is 7.20. The predicted octanol–water partition coefficient (Wildman–Crippen LogP) is 5.03.